The summed E-state index contributed by atoms with van der Waals surface area (Å²) >= 11 is 3.54. The first-order valence-electron chi connectivity index (χ1n) is 6.05. The van der Waals surface area contributed by atoms with Crippen molar-refractivity contribution in [3.63, 3.8) is 0 Å². The molecule has 0 aliphatic carbocycles. The van der Waals surface area contributed by atoms with Gasteiger partial charge in [-0.05, 0) is 47.0 Å². The number of carbonyl (C=O) groups is 1. The Hall–Kier alpha value is -1.33. The number of aromatic nitrogens is 1. The third kappa shape index (κ3) is 2.40. The minimum absolute atomic E-state index is 0.316. The molecule has 5 heteroatoms. The van der Waals surface area contributed by atoms with E-state index in [1.54, 1.807) is 0 Å². The van der Waals surface area contributed by atoms with E-state index in [4.69, 9.17) is 10.8 Å². The lowest BCUT2D eigenvalue weighted by Gasteiger charge is -2.06. The van der Waals surface area contributed by atoms with E-state index in [0.29, 0.717) is 6.42 Å². The van der Waals surface area contributed by atoms with Crippen molar-refractivity contribution in [2.24, 2.45) is 12.8 Å². The van der Waals surface area contributed by atoms with Crippen molar-refractivity contribution in [3.8, 4) is 0 Å². The SMILES string of the molecule is Cc1cc(C)c2c(c1)c(CC(N)C(=O)O)c(Br)n2C. The van der Waals surface area contributed by atoms with Gasteiger partial charge in [-0.1, -0.05) is 11.6 Å². The lowest BCUT2D eigenvalue weighted by molar-refractivity contribution is -0.138. The number of rotatable bonds is 3. The number of aliphatic carboxylic acids is 1. The molecular formula is C14H17BrN2O2. The number of carboxylic acids is 1. The van der Waals surface area contributed by atoms with Crippen LogP contribution in [0, 0.1) is 13.8 Å². The van der Waals surface area contributed by atoms with E-state index in [0.717, 1.165) is 26.6 Å². The standard InChI is InChI=1S/C14H17BrN2O2/c1-7-4-8(2)12-9(5-7)10(13(15)17(12)3)6-11(16)14(18)19/h4-5,11H,6,16H2,1-3H3,(H,18,19). The summed E-state index contributed by atoms with van der Waals surface area (Å²) in [6, 6.07) is 3.31. The monoisotopic (exact) mass is 324 g/mol. The van der Waals surface area contributed by atoms with Gasteiger partial charge in [0.25, 0.3) is 0 Å². The van der Waals surface area contributed by atoms with E-state index >= 15 is 0 Å². The normalized spacial score (nSPS) is 12.9. The Morgan fingerprint density at radius 3 is 2.68 bits per heavy atom. The summed E-state index contributed by atoms with van der Waals surface area (Å²) in [6.07, 6.45) is 0.316. The number of carboxylic acid groups (broad SMARTS) is 1. The number of fused-ring (bicyclic) bond motifs is 1. The minimum Gasteiger partial charge on any atom is -0.480 e. The Balaban J connectivity index is 2.67. The van der Waals surface area contributed by atoms with Crippen LogP contribution in [0.15, 0.2) is 16.7 Å². The van der Waals surface area contributed by atoms with Crippen LogP contribution in [-0.4, -0.2) is 21.7 Å². The third-order valence-electron chi connectivity index (χ3n) is 3.39. The second-order valence-electron chi connectivity index (χ2n) is 4.96. The van der Waals surface area contributed by atoms with E-state index in [1.165, 1.54) is 5.56 Å². The van der Waals surface area contributed by atoms with Gasteiger partial charge in [-0.2, -0.15) is 0 Å². The molecule has 0 fully saturated rings. The molecule has 0 amide bonds. The highest BCUT2D eigenvalue weighted by atomic mass is 79.9. The Morgan fingerprint density at radius 1 is 1.47 bits per heavy atom. The highest BCUT2D eigenvalue weighted by Gasteiger charge is 2.20. The van der Waals surface area contributed by atoms with Gasteiger partial charge < -0.3 is 15.4 Å². The number of hydrogen-bond donors (Lipinski definition) is 2. The first kappa shape index (κ1) is 14.1. The average molecular weight is 325 g/mol. The number of benzene rings is 1. The lowest BCUT2D eigenvalue weighted by atomic mass is 10.0. The fourth-order valence-corrected chi connectivity index (χ4v) is 3.10. The molecule has 1 aromatic heterocycles. The van der Waals surface area contributed by atoms with Crippen molar-refractivity contribution in [3.05, 3.63) is 33.4 Å². The number of aryl methyl sites for hydroxylation is 3. The fraction of sp³-hybridized carbons (Fsp3) is 0.357. The molecule has 102 valence electrons. The van der Waals surface area contributed by atoms with Crippen molar-refractivity contribution in [2.45, 2.75) is 26.3 Å². The van der Waals surface area contributed by atoms with Crippen molar-refractivity contribution < 1.29 is 9.90 Å². The Kier molecular flexibility index (Phi) is 3.69. The van der Waals surface area contributed by atoms with Crippen LogP contribution < -0.4 is 5.73 Å². The molecule has 0 saturated heterocycles. The molecule has 0 bridgehead atoms. The molecule has 0 aliphatic rings. The molecule has 1 aromatic carbocycles. The van der Waals surface area contributed by atoms with Gasteiger partial charge in [0.1, 0.15) is 6.04 Å². The van der Waals surface area contributed by atoms with Crippen LogP contribution in [0.3, 0.4) is 0 Å². The molecular weight excluding hydrogens is 308 g/mol. The quantitative estimate of drug-likeness (QED) is 0.911. The van der Waals surface area contributed by atoms with E-state index < -0.39 is 12.0 Å². The van der Waals surface area contributed by atoms with Crippen LogP contribution in [0.1, 0.15) is 16.7 Å². The van der Waals surface area contributed by atoms with Crippen LogP contribution >= 0.6 is 15.9 Å². The van der Waals surface area contributed by atoms with Crippen molar-refractivity contribution >= 4 is 32.8 Å². The van der Waals surface area contributed by atoms with Gasteiger partial charge in [-0.3, -0.25) is 4.79 Å². The molecule has 1 atom stereocenters. The van der Waals surface area contributed by atoms with Crippen molar-refractivity contribution in [1.29, 1.82) is 0 Å². The van der Waals surface area contributed by atoms with Crippen LogP contribution in [0.5, 0.6) is 0 Å². The highest BCUT2D eigenvalue weighted by molar-refractivity contribution is 9.10. The molecule has 1 heterocycles. The van der Waals surface area contributed by atoms with E-state index in [1.807, 2.05) is 18.5 Å². The van der Waals surface area contributed by atoms with Gasteiger partial charge >= 0.3 is 5.97 Å². The lowest BCUT2D eigenvalue weighted by Crippen LogP contribution is -2.32. The van der Waals surface area contributed by atoms with E-state index in [2.05, 4.69) is 35.0 Å². The maximum Gasteiger partial charge on any atom is 0.320 e. The first-order chi connectivity index (χ1) is 8.82. The molecule has 4 nitrogen and oxygen atoms in total. The molecule has 19 heavy (non-hydrogen) atoms. The van der Waals surface area contributed by atoms with E-state index in [-0.39, 0.29) is 0 Å². The second kappa shape index (κ2) is 4.98. The van der Waals surface area contributed by atoms with Gasteiger partial charge in [-0.15, -0.1) is 0 Å². The number of nitrogens with two attached hydrogens (primary N) is 1. The average Bonchev–Trinajstić information content (AvgIpc) is 2.54. The summed E-state index contributed by atoms with van der Waals surface area (Å²) in [5, 5.41) is 10.0. The first-order valence-corrected chi connectivity index (χ1v) is 6.84. The van der Waals surface area contributed by atoms with Gasteiger partial charge in [0.2, 0.25) is 0 Å². The Morgan fingerprint density at radius 2 is 2.11 bits per heavy atom. The molecule has 0 saturated carbocycles. The smallest absolute Gasteiger partial charge is 0.320 e. The van der Waals surface area contributed by atoms with Gasteiger partial charge in [0.15, 0.2) is 0 Å². The maximum absolute atomic E-state index is 10.9. The largest absolute Gasteiger partial charge is 0.480 e. The molecule has 1 unspecified atom stereocenters. The zero-order valence-corrected chi connectivity index (χ0v) is 12.8. The molecule has 0 aliphatic heterocycles. The van der Waals surface area contributed by atoms with Gasteiger partial charge in [0.05, 0.1) is 10.1 Å². The number of nitrogens with zero attached hydrogens (tertiary/aromatic N) is 1. The molecule has 2 rings (SSSR count). The summed E-state index contributed by atoms with van der Waals surface area (Å²) in [7, 11) is 1.96. The minimum atomic E-state index is -0.978. The number of hydrogen-bond acceptors (Lipinski definition) is 2. The third-order valence-corrected chi connectivity index (χ3v) is 4.40. The second-order valence-corrected chi connectivity index (χ2v) is 5.71. The molecule has 0 spiro atoms. The predicted octanol–water partition coefficient (Wildman–Crippen LogP) is 2.51. The summed E-state index contributed by atoms with van der Waals surface area (Å²) in [5.74, 6) is -0.978. The van der Waals surface area contributed by atoms with Crippen molar-refractivity contribution in [2.75, 3.05) is 0 Å². The fourth-order valence-electron chi connectivity index (χ4n) is 2.55. The Bertz CT molecular complexity index is 661. The Labute approximate surface area is 120 Å². The van der Waals surface area contributed by atoms with Crippen molar-refractivity contribution in [1.82, 2.24) is 4.57 Å². The maximum atomic E-state index is 10.9. The predicted molar refractivity (Wildman–Crippen MR) is 79.4 cm³/mol. The summed E-state index contributed by atoms with van der Waals surface area (Å²) < 4.78 is 2.93. The van der Waals surface area contributed by atoms with Gasteiger partial charge in [-0.25, -0.2) is 0 Å². The summed E-state index contributed by atoms with van der Waals surface area (Å²) in [5.41, 5.74) is 10.1. The van der Waals surface area contributed by atoms with Crippen LogP contribution in [-0.2, 0) is 18.3 Å². The summed E-state index contributed by atoms with van der Waals surface area (Å²) in [4.78, 5) is 10.9. The topological polar surface area (TPSA) is 68.2 Å². The zero-order chi connectivity index (χ0) is 14.3. The van der Waals surface area contributed by atoms with Gasteiger partial charge in [0, 0.05) is 18.9 Å². The van der Waals surface area contributed by atoms with E-state index in [9.17, 15) is 4.79 Å². The van der Waals surface area contributed by atoms with Crippen LogP contribution in [0.2, 0.25) is 0 Å². The summed E-state index contributed by atoms with van der Waals surface area (Å²) in [6.45, 7) is 4.09. The van der Waals surface area contributed by atoms with Crippen LogP contribution in [0.4, 0.5) is 0 Å². The molecule has 2 aromatic rings. The molecule has 3 N–H and O–H groups in total. The zero-order valence-electron chi connectivity index (χ0n) is 11.2. The molecule has 0 radical (unpaired) electrons. The number of halogens is 1. The highest BCUT2D eigenvalue weighted by Crippen LogP contribution is 2.33. The van der Waals surface area contributed by atoms with Crippen LogP contribution in [0.25, 0.3) is 10.9 Å².